The zero-order valence-electron chi connectivity index (χ0n) is 14.4. The number of nitrogens with one attached hydrogen (secondary N) is 1. The lowest BCUT2D eigenvalue weighted by Crippen LogP contribution is -2.29. The monoisotopic (exact) mass is 349 g/mol. The first-order valence-corrected chi connectivity index (χ1v) is 9.17. The predicted octanol–water partition coefficient (Wildman–Crippen LogP) is 2.98. The van der Waals surface area contributed by atoms with Crippen molar-refractivity contribution in [3.63, 3.8) is 0 Å². The Morgan fingerprint density at radius 2 is 1.67 bits per heavy atom. The van der Waals surface area contributed by atoms with Gasteiger partial charge in [-0.25, -0.2) is 13.1 Å². The van der Waals surface area contributed by atoms with Crippen LogP contribution in [0.25, 0.3) is 0 Å². The van der Waals surface area contributed by atoms with Crippen molar-refractivity contribution in [3.8, 4) is 11.5 Å². The highest BCUT2D eigenvalue weighted by Crippen LogP contribution is 2.25. The number of rotatable bonds is 7. The van der Waals surface area contributed by atoms with E-state index in [-0.39, 0.29) is 18.0 Å². The predicted molar refractivity (Wildman–Crippen MR) is 94.3 cm³/mol. The molecule has 24 heavy (non-hydrogen) atoms. The molecule has 0 aliphatic rings. The molecular formula is C18H23NO4S. The lowest BCUT2D eigenvalue weighted by atomic mass is 10.1. The second kappa shape index (κ2) is 7.68. The Morgan fingerprint density at radius 1 is 0.958 bits per heavy atom. The number of sulfonamides is 1. The van der Waals surface area contributed by atoms with Crippen LogP contribution in [0.4, 0.5) is 0 Å². The Labute approximate surface area is 143 Å². The molecule has 0 heterocycles. The van der Waals surface area contributed by atoms with Crippen LogP contribution in [0.3, 0.4) is 0 Å². The molecule has 2 aromatic rings. The number of benzene rings is 2. The lowest BCUT2D eigenvalue weighted by molar-refractivity contribution is 0.320. The molecule has 0 radical (unpaired) electrons. The number of methoxy groups -OCH3 is 1. The molecule has 0 aliphatic heterocycles. The molecule has 0 aliphatic carbocycles. The summed E-state index contributed by atoms with van der Waals surface area (Å²) in [6, 6.07) is 11.0. The topological polar surface area (TPSA) is 64.6 Å². The summed E-state index contributed by atoms with van der Waals surface area (Å²) in [6.45, 7) is 5.97. The summed E-state index contributed by atoms with van der Waals surface area (Å²) in [6.07, 6.45) is 0. The van der Waals surface area contributed by atoms with Crippen LogP contribution in [0, 0.1) is 20.8 Å². The van der Waals surface area contributed by atoms with Gasteiger partial charge in [0, 0.05) is 6.54 Å². The van der Waals surface area contributed by atoms with E-state index in [1.54, 1.807) is 26.2 Å². The fraction of sp³-hybridized carbons (Fsp3) is 0.333. The molecule has 0 spiro atoms. The summed E-state index contributed by atoms with van der Waals surface area (Å²) in [5.41, 5.74) is 2.44. The molecular weight excluding hydrogens is 326 g/mol. The maximum atomic E-state index is 12.5. The zero-order chi connectivity index (χ0) is 17.7. The Balaban J connectivity index is 2.02. The average molecular weight is 349 g/mol. The standard InChI is InChI=1S/C18H23NO4S/c1-13-7-5-6-8-16(13)23-10-9-19-24(20,21)18-12-14(2)17(22-4)11-15(18)3/h5-8,11-12,19H,9-10H2,1-4H3. The van der Waals surface area contributed by atoms with Crippen molar-refractivity contribution in [3.05, 3.63) is 53.1 Å². The van der Waals surface area contributed by atoms with Crippen molar-refractivity contribution in [1.82, 2.24) is 4.72 Å². The third-order valence-electron chi connectivity index (χ3n) is 3.73. The van der Waals surface area contributed by atoms with Crippen LogP contribution in [-0.2, 0) is 10.0 Å². The number of hydrogen-bond acceptors (Lipinski definition) is 4. The molecule has 0 fully saturated rings. The van der Waals surface area contributed by atoms with Crippen molar-refractivity contribution in [2.24, 2.45) is 0 Å². The maximum absolute atomic E-state index is 12.5. The molecule has 0 atom stereocenters. The van der Waals surface area contributed by atoms with E-state index < -0.39 is 10.0 Å². The molecule has 0 amide bonds. The first kappa shape index (κ1) is 18.3. The van der Waals surface area contributed by atoms with Crippen LogP contribution in [0.1, 0.15) is 16.7 Å². The van der Waals surface area contributed by atoms with E-state index in [1.165, 1.54) is 0 Å². The van der Waals surface area contributed by atoms with Gasteiger partial charge in [-0.05, 0) is 55.7 Å². The summed E-state index contributed by atoms with van der Waals surface area (Å²) in [5, 5.41) is 0. The van der Waals surface area contributed by atoms with Crippen LogP contribution >= 0.6 is 0 Å². The van der Waals surface area contributed by atoms with E-state index in [1.807, 2.05) is 38.1 Å². The molecule has 2 aromatic carbocycles. The smallest absolute Gasteiger partial charge is 0.240 e. The normalized spacial score (nSPS) is 11.3. The van der Waals surface area contributed by atoms with Gasteiger partial charge in [0.2, 0.25) is 10.0 Å². The zero-order valence-corrected chi connectivity index (χ0v) is 15.2. The second-order valence-corrected chi connectivity index (χ2v) is 7.33. The fourth-order valence-electron chi connectivity index (χ4n) is 2.41. The first-order valence-electron chi connectivity index (χ1n) is 7.68. The van der Waals surface area contributed by atoms with Gasteiger partial charge in [-0.3, -0.25) is 0 Å². The summed E-state index contributed by atoms with van der Waals surface area (Å²) < 4.78 is 38.4. The minimum absolute atomic E-state index is 0.196. The Bertz CT molecular complexity index is 816. The largest absolute Gasteiger partial charge is 0.496 e. The number of ether oxygens (including phenoxy) is 2. The van der Waals surface area contributed by atoms with Crippen molar-refractivity contribution >= 4 is 10.0 Å². The minimum atomic E-state index is -3.59. The van der Waals surface area contributed by atoms with E-state index in [9.17, 15) is 8.42 Å². The van der Waals surface area contributed by atoms with E-state index >= 15 is 0 Å². The third-order valence-corrected chi connectivity index (χ3v) is 5.33. The Kier molecular flexibility index (Phi) is 5.85. The van der Waals surface area contributed by atoms with E-state index in [0.717, 1.165) is 16.9 Å². The third kappa shape index (κ3) is 4.27. The highest BCUT2D eigenvalue weighted by atomic mass is 32.2. The van der Waals surface area contributed by atoms with E-state index in [4.69, 9.17) is 9.47 Å². The Hall–Kier alpha value is -2.05. The summed E-state index contributed by atoms with van der Waals surface area (Å²) in [4.78, 5) is 0.261. The van der Waals surface area contributed by atoms with Gasteiger partial charge in [-0.2, -0.15) is 0 Å². The molecule has 0 saturated heterocycles. The summed E-state index contributed by atoms with van der Waals surface area (Å²) >= 11 is 0. The SMILES string of the molecule is COc1cc(C)c(S(=O)(=O)NCCOc2ccccc2C)cc1C. The van der Waals surface area contributed by atoms with Gasteiger partial charge in [0.05, 0.1) is 12.0 Å². The van der Waals surface area contributed by atoms with Crippen molar-refractivity contribution in [2.75, 3.05) is 20.3 Å². The number of hydrogen-bond donors (Lipinski definition) is 1. The molecule has 2 rings (SSSR count). The first-order chi connectivity index (χ1) is 11.3. The van der Waals surface area contributed by atoms with Crippen LogP contribution < -0.4 is 14.2 Å². The highest BCUT2D eigenvalue weighted by molar-refractivity contribution is 7.89. The van der Waals surface area contributed by atoms with Crippen molar-refractivity contribution in [2.45, 2.75) is 25.7 Å². The number of para-hydroxylation sites is 1. The summed E-state index contributed by atoms with van der Waals surface area (Å²) in [7, 11) is -2.02. The van der Waals surface area contributed by atoms with Gasteiger partial charge < -0.3 is 9.47 Å². The molecule has 130 valence electrons. The minimum Gasteiger partial charge on any atom is -0.496 e. The van der Waals surface area contributed by atoms with Crippen LogP contribution in [0.5, 0.6) is 11.5 Å². The molecule has 6 heteroatoms. The maximum Gasteiger partial charge on any atom is 0.240 e. The lowest BCUT2D eigenvalue weighted by Gasteiger charge is -2.13. The van der Waals surface area contributed by atoms with E-state index in [2.05, 4.69) is 4.72 Å². The number of aryl methyl sites for hydroxylation is 3. The van der Waals surface area contributed by atoms with Crippen LogP contribution in [0.15, 0.2) is 41.3 Å². The van der Waals surface area contributed by atoms with Gasteiger partial charge in [-0.1, -0.05) is 18.2 Å². The Morgan fingerprint density at radius 3 is 2.33 bits per heavy atom. The molecule has 0 bridgehead atoms. The second-order valence-electron chi connectivity index (χ2n) is 5.60. The van der Waals surface area contributed by atoms with Gasteiger partial charge in [0.1, 0.15) is 18.1 Å². The van der Waals surface area contributed by atoms with Crippen molar-refractivity contribution in [1.29, 1.82) is 0 Å². The van der Waals surface area contributed by atoms with Gasteiger partial charge in [0.15, 0.2) is 0 Å². The quantitative estimate of drug-likeness (QED) is 0.781. The molecule has 0 saturated carbocycles. The summed E-state index contributed by atoms with van der Waals surface area (Å²) in [5.74, 6) is 1.43. The van der Waals surface area contributed by atoms with Gasteiger partial charge in [0.25, 0.3) is 0 Å². The highest BCUT2D eigenvalue weighted by Gasteiger charge is 2.18. The average Bonchev–Trinajstić information content (AvgIpc) is 2.54. The molecule has 0 aromatic heterocycles. The molecule has 1 N–H and O–H groups in total. The fourth-order valence-corrected chi connectivity index (χ4v) is 3.73. The van der Waals surface area contributed by atoms with Gasteiger partial charge in [-0.15, -0.1) is 0 Å². The van der Waals surface area contributed by atoms with Crippen LogP contribution in [-0.4, -0.2) is 28.7 Å². The van der Waals surface area contributed by atoms with Crippen LogP contribution in [0.2, 0.25) is 0 Å². The van der Waals surface area contributed by atoms with Gasteiger partial charge >= 0.3 is 0 Å². The molecule has 5 nitrogen and oxygen atoms in total. The molecule has 0 unspecified atom stereocenters. The van der Waals surface area contributed by atoms with E-state index in [0.29, 0.717) is 11.3 Å². The van der Waals surface area contributed by atoms with Crippen molar-refractivity contribution < 1.29 is 17.9 Å².